The number of nitrogens with one attached hydrogen (secondary N) is 1. The van der Waals surface area contributed by atoms with Crippen molar-refractivity contribution in [2.45, 2.75) is 59.5 Å². The van der Waals surface area contributed by atoms with Gasteiger partial charge in [0, 0.05) is 13.2 Å². The predicted molar refractivity (Wildman–Crippen MR) is 82.1 cm³/mol. The summed E-state index contributed by atoms with van der Waals surface area (Å²) in [5.41, 5.74) is 0.252. The highest BCUT2D eigenvalue weighted by Crippen LogP contribution is 2.47. The summed E-state index contributed by atoms with van der Waals surface area (Å²) in [5, 5.41) is 2.94. The average Bonchev–Trinajstić information content (AvgIpc) is 2.27. The molecule has 19 heavy (non-hydrogen) atoms. The molecule has 0 spiro atoms. The second-order valence-electron chi connectivity index (χ2n) is 6.49. The maximum Gasteiger partial charge on any atom is 0.407 e. The number of hydrogen-bond acceptors (Lipinski definition) is 3. The maximum absolute atomic E-state index is 11.1. The Balaban J connectivity index is 3.87. The lowest BCUT2D eigenvalue weighted by Crippen LogP contribution is -2.38. The monoisotopic (exact) mass is 289 g/mol. The molecule has 0 aromatic heterocycles. The van der Waals surface area contributed by atoms with Gasteiger partial charge in [0.2, 0.25) is 0 Å². The minimum atomic E-state index is -1.26. The van der Waals surface area contributed by atoms with Crippen molar-refractivity contribution in [2.24, 2.45) is 5.41 Å². The minimum Gasteiger partial charge on any atom is -0.450 e. The smallest absolute Gasteiger partial charge is 0.407 e. The van der Waals surface area contributed by atoms with Gasteiger partial charge in [-0.3, -0.25) is 0 Å². The van der Waals surface area contributed by atoms with Crippen LogP contribution in [0.25, 0.3) is 0 Å². The van der Waals surface area contributed by atoms with E-state index in [-0.39, 0.29) is 16.5 Å². The van der Waals surface area contributed by atoms with E-state index in [1.54, 1.807) is 6.92 Å². The van der Waals surface area contributed by atoms with Crippen LogP contribution < -0.4 is 5.32 Å². The van der Waals surface area contributed by atoms with E-state index in [1.165, 1.54) is 0 Å². The van der Waals surface area contributed by atoms with Crippen LogP contribution in [0.2, 0.25) is 11.6 Å². The van der Waals surface area contributed by atoms with Crippen molar-refractivity contribution < 1.29 is 14.0 Å². The van der Waals surface area contributed by atoms with Crippen molar-refractivity contribution in [1.29, 1.82) is 0 Å². The molecule has 1 atom stereocenters. The first-order valence-corrected chi connectivity index (χ1v) is 9.35. The number of ether oxygens (including phenoxy) is 1. The van der Waals surface area contributed by atoms with E-state index in [2.05, 4.69) is 46.5 Å². The molecule has 4 nitrogen and oxygen atoms in total. The van der Waals surface area contributed by atoms with E-state index < -0.39 is 9.04 Å². The SMILES string of the molecule is CCOC(=O)NCCCO[SiH](C)C(C)(C)C(C)(C)C. The number of alkyl carbamates (subject to hydrolysis) is 1. The van der Waals surface area contributed by atoms with Crippen molar-refractivity contribution >= 4 is 15.1 Å². The molecular weight excluding hydrogens is 258 g/mol. The Labute approximate surface area is 120 Å². The summed E-state index contributed by atoms with van der Waals surface area (Å²) < 4.78 is 10.8. The summed E-state index contributed by atoms with van der Waals surface area (Å²) in [6.45, 7) is 17.2. The van der Waals surface area contributed by atoms with Crippen LogP contribution in [-0.2, 0) is 9.16 Å². The van der Waals surface area contributed by atoms with E-state index in [0.717, 1.165) is 6.42 Å². The third-order valence-corrected chi connectivity index (χ3v) is 7.82. The highest BCUT2D eigenvalue weighted by molar-refractivity contribution is 6.54. The number of carbonyl (C=O) groups is 1. The molecule has 1 amide bonds. The van der Waals surface area contributed by atoms with Gasteiger partial charge in [-0.25, -0.2) is 4.79 Å². The van der Waals surface area contributed by atoms with E-state index in [4.69, 9.17) is 9.16 Å². The minimum absolute atomic E-state index is 0.238. The summed E-state index contributed by atoms with van der Waals surface area (Å²) in [4.78, 5) is 11.1. The molecule has 0 radical (unpaired) electrons. The van der Waals surface area contributed by atoms with Crippen LogP contribution in [-0.4, -0.2) is 34.9 Å². The lowest BCUT2D eigenvalue weighted by Gasteiger charge is -2.42. The third kappa shape index (κ3) is 6.43. The van der Waals surface area contributed by atoms with Gasteiger partial charge in [0.25, 0.3) is 0 Å². The second kappa shape index (κ2) is 7.90. The van der Waals surface area contributed by atoms with Gasteiger partial charge >= 0.3 is 6.09 Å². The van der Waals surface area contributed by atoms with Crippen LogP contribution >= 0.6 is 0 Å². The normalized spacial score (nSPS) is 14.1. The Morgan fingerprint density at radius 1 is 1.21 bits per heavy atom. The van der Waals surface area contributed by atoms with Gasteiger partial charge in [0.1, 0.15) is 0 Å². The van der Waals surface area contributed by atoms with Gasteiger partial charge in [-0.15, -0.1) is 0 Å². The molecule has 114 valence electrons. The van der Waals surface area contributed by atoms with Crippen molar-refractivity contribution in [1.82, 2.24) is 5.32 Å². The lowest BCUT2D eigenvalue weighted by molar-refractivity contribution is 0.151. The van der Waals surface area contributed by atoms with Crippen molar-refractivity contribution in [3.05, 3.63) is 0 Å². The fourth-order valence-corrected chi connectivity index (χ4v) is 3.68. The standard InChI is InChI=1S/C14H31NO3Si/c1-8-17-12(16)15-10-9-11-18-19(7)14(5,6)13(2,3)4/h19H,8-11H2,1-7H3,(H,15,16). The van der Waals surface area contributed by atoms with Crippen molar-refractivity contribution in [3.8, 4) is 0 Å². The molecule has 1 N–H and O–H groups in total. The summed E-state index contributed by atoms with van der Waals surface area (Å²) in [5.74, 6) is 0. The quantitative estimate of drug-likeness (QED) is 0.578. The van der Waals surface area contributed by atoms with Crippen LogP contribution in [0, 0.1) is 5.41 Å². The van der Waals surface area contributed by atoms with Gasteiger partial charge in [-0.1, -0.05) is 34.6 Å². The number of amides is 1. The largest absolute Gasteiger partial charge is 0.450 e. The molecule has 0 aliphatic carbocycles. The molecule has 0 heterocycles. The molecule has 0 rings (SSSR count). The van der Waals surface area contributed by atoms with Crippen molar-refractivity contribution in [2.75, 3.05) is 19.8 Å². The Morgan fingerprint density at radius 3 is 2.26 bits per heavy atom. The first kappa shape index (κ1) is 18.4. The zero-order valence-electron chi connectivity index (χ0n) is 13.6. The van der Waals surface area contributed by atoms with E-state index in [1.807, 2.05) is 0 Å². The molecule has 0 aliphatic heterocycles. The molecule has 5 heteroatoms. The highest BCUT2D eigenvalue weighted by Gasteiger charge is 2.39. The summed E-state index contributed by atoms with van der Waals surface area (Å²) in [6.07, 6.45) is 0.485. The number of carbonyl (C=O) groups excluding carboxylic acids is 1. The Morgan fingerprint density at radius 2 is 1.79 bits per heavy atom. The molecule has 0 bridgehead atoms. The van der Waals surface area contributed by atoms with Gasteiger partial charge in [0.05, 0.1) is 6.61 Å². The topological polar surface area (TPSA) is 47.6 Å². The van der Waals surface area contributed by atoms with Gasteiger partial charge in [-0.05, 0) is 30.3 Å². The van der Waals surface area contributed by atoms with Crippen LogP contribution in [0.3, 0.4) is 0 Å². The first-order chi connectivity index (χ1) is 8.63. The van der Waals surface area contributed by atoms with Crippen LogP contribution in [0.5, 0.6) is 0 Å². The third-order valence-electron chi connectivity index (χ3n) is 4.18. The predicted octanol–water partition coefficient (Wildman–Crippen LogP) is 3.32. The Bertz CT molecular complexity index is 274. The fraction of sp³-hybridized carbons (Fsp3) is 0.929. The molecule has 0 aromatic carbocycles. The summed E-state index contributed by atoms with van der Waals surface area (Å²) >= 11 is 0. The Hall–Kier alpha value is -0.553. The molecule has 0 saturated heterocycles. The molecule has 0 saturated carbocycles. The van der Waals surface area contributed by atoms with Crippen LogP contribution in [0.1, 0.15) is 48.0 Å². The zero-order chi connectivity index (χ0) is 15.1. The zero-order valence-corrected chi connectivity index (χ0v) is 14.8. The van der Waals surface area contributed by atoms with Crippen LogP contribution in [0.15, 0.2) is 0 Å². The molecule has 0 aliphatic rings. The summed E-state index contributed by atoms with van der Waals surface area (Å²) in [7, 11) is -1.26. The highest BCUT2D eigenvalue weighted by atomic mass is 28.3. The average molecular weight is 289 g/mol. The second-order valence-corrected chi connectivity index (χ2v) is 9.55. The fourth-order valence-electron chi connectivity index (χ4n) is 1.52. The van der Waals surface area contributed by atoms with Gasteiger partial charge in [-0.2, -0.15) is 0 Å². The van der Waals surface area contributed by atoms with Crippen molar-refractivity contribution in [3.63, 3.8) is 0 Å². The first-order valence-electron chi connectivity index (χ1n) is 7.15. The lowest BCUT2D eigenvalue weighted by atomic mass is 9.82. The molecule has 0 fully saturated rings. The number of hydrogen-bond donors (Lipinski definition) is 1. The van der Waals surface area contributed by atoms with Gasteiger partial charge < -0.3 is 14.5 Å². The van der Waals surface area contributed by atoms with Gasteiger partial charge in [0.15, 0.2) is 9.04 Å². The Kier molecular flexibility index (Phi) is 7.67. The molecule has 1 unspecified atom stereocenters. The van der Waals surface area contributed by atoms with E-state index in [9.17, 15) is 4.79 Å². The number of rotatable bonds is 7. The molecular formula is C14H31NO3Si. The van der Waals surface area contributed by atoms with Crippen LogP contribution in [0.4, 0.5) is 4.79 Å². The van der Waals surface area contributed by atoms with E-state index >= 15 is 0 Å². The summed E-state index contributed by atoms with van der Waals surface area (Å²) in [6, 6.07) is 0. The van der Waals surface area contributed by atoms with E-state index in [0.29, 0.717) is 19.8 Å². The maximum atomic E-state index is 11.1. The molecule has 0 aromatic rings.